The Hall–Kier alpha value is -5.18. The van der Waals surface area contributed by atoms with E-state index in [-0.39, 0.29) is 55.7 Å². The SMILES string of the molecule is CC1=CC(O)CC(=O)Cc2nc(co2)C(=O)N2CCCC2C(=O)OC(C(C)COC(=O)Nc2cnccn2)C(C)/C=C/C(=O)NCC=C1. The van der Waals surface area contributed by atoms with Gasteiger partial charge in [0, 0.05) is 43.7 Å². The number of carbonyl (C=O) groups excluding carboxylic acids is 5. The molecule has 2 aromatic rings. The average Bonchev–Trinajstić information content (AvgIpc) is 3.73. The molecule has 2 aromatic heterocycles. The van der Waals surface area contributed by atoms with Gasteiger partial charge in [0.2, 0.25) is 11.8 Å². The van der Waals surface area contributed by atoms with Crippen LogP contribution in [0.3, 0.4) is 0 Å². The van der Waals surface area contributed by atoms with Gasteiger partial charge in [0.25, 0.3) is 5.91 Å². The maximum absolute atomic E-state index is 13.6. The van der Waals surface area contributed by atoms with E-state index in [1.54, 1.807) is 39.0 Å². The van der Waals surface area contributed by atoms with E-state index in [0.717, 1.165) is 6.26 Å². The molecule has 3 N–H and O–H groups in total. The summed E-state index contributed by atoms with van der Waals surface area (Å²) >= 11 is 0. The number of aromatic nitrogens is 3. The van der Waals surface area contributed by atoms with E-state index in [4.69, 9.17) is 13.9 Å². The van der Waals surface area contributed by atoms with Gasteiger partial charge in [-0.15, -0.1) is 0 Å². The van der Waals surface area contributed by atoms with Crippen molar-refractivity contribution in [3.63, 3.8) is 0 Å². The number of ketones is 1. The van der Waals surface area contributed by atoms with E-state index < -0.39 is 54.0 Å². The number of esters is 1. The number of nitrogens with one attached hydrogen (secondary N) is 2. The second-order valence-corrected chi connectivity index (χ2v) is 11.7. The molecule has 1 saturated heterocycles. The molecule has 15 nitrogen and oxygen atoms in total. The lowest BCUT2D eigenvalue weighted by atomic mass is 9.93. The van der Waals surface area contributed by atoms with Crippen LogP contribution in [0.1, 0.15) is 56.4 Å². The number of hydrogen-bond donors (Lipinski definition) is 3. The van der Waals surface area contributed by atoms with E-state index in [2.05, 4.69) is 25.6 Å². The van der Waals surface area contributed by atoms with Gasteiger partial charge < -0.3 is 29.2 Å². The summed E-state index contributed by atoms with van der Waals surface area (Å²) in [5.41, 5.74) is 0.620. The van der Waals surface area contributed by atoms with Crippen molar-refractivity contribution < 1.29 is 43.0 Å². The zero-order valence-electron chi connectivity index (χ0n) is 27.0. The van der Waals surface area contributed by atoms with Crippen LogP contribution in [0, 0.1) is 11.8 Å². The maximum atomic E-state index is 13.6. The Balaban J connectivity index is 1.54. The molecule has 0 radical (unpaired) electrons. The largest absolute Gasteiger partial charge is 0.460 e. The van der Waals surface area contributed by atoms with Crippen molar-refractivity contribution in [2.24, 2.45) is 11.8 Å². The molecule has 4 heterocycles. The number of Topliss-reactive ketones (excluding diaryl/α,β-unsaturated/α-hetero) is 1. The van der Waals surface area contributed by atoms with Crippen LogP contribution < -0.4 is 10.6 Å². The minimum atomic E-state index is -1.05. The quantitative estimate of drug-likeness (QED) is 0.404. The fourth-order valence-corrected chi connectivity index (χ4v) is 5.36. The number of rotatable bonds is 4. The van der Waals surface area contributed by atoms with Crippen molar-refractivity contribution in [2.75, 3.05) is 25.0 Å². The first-order valence-corrected chi connectivity index (χ1v) is 15.7. The molecule has 0 aliphatic carbocycles. The number of allylic oxidation sites excluding steroid dienone is 2. The van der Waals surface area contributed by atoms with Gasteiger partial charge in [-0.05, 0) is 25.8 Å². The highest BCUT2D eigenvalue weighted by atomic mass is 16.6. The Morgan fingerprint density at radius 3 is 2.81 bits per heavy atom. The number of hydrogen-bond acceptors (Lipinski definition) is 12. The number of ether oxygens (including phenoxy) is 2. The van der Waals surface area contributed by atoms with Crippen molar-refractivity contribution >= 4 is 35.5 Å². The van der Waals surface area contributed by atoms with Crippen molar-refractivity contribution in [1.82, 2.24) is 25.2 Å². The minimum absolute atomic E-state index is 0.0152. The number of fused-ring (bicyclic) bond motifs is 3. The van der Waals surface area contributed by atoms with Crippen LogP contribution in [0.4, 0.5) is 10.6 Å². The van der Waals surface area contributed by atoms with E-state index in [9.17, 15) is 29.1 Å². The number of aliphatic hydroxyl groups excluding tert-OH is 1. The van der Waals surface area contributed by atoms with Gasteiger partial charge in [-0.2, -0.15) is 0 Å². The van der Waals surface area contributed by atoms with Crippen LogP contribution in [0.15, 0.2) is 65.2 Å². The third kappa shape index (κ3) is 10.4. The number of anilines is 1. The summed E-state index contributed by atoms with van der Waals surface area (Å²) in [6.45, 7) is 5.56. The second-order valence-electron chi connectivity index (χ2n) is 11.7. The molecule has 15 heteroatoms. The first kappa shape index (κ1) is 35.7. The molecule has 2 bridgehead atoms. The van der Waals surface area contributed by atoms with Crippen LogP contribution in [0.25, 0.3) is 0 Å². The predicted octanol–water partition coefficient (Wildman–Crippen LogP) is 2.55. The summed E-state index contributed by atoms with van der Waals surface area (Å²) in [5, 5.41) is 15.5. The van der Waals surface area contributed by atoms with Crippen LogP contribution in [0.2, 0.25) is 0 Å². The molecule has 2 aliphatic rings. The lowest BCUT2D eigenvalue weighted by Crippen LogP contribution is -2.44. The van der Waals surface area contributed by atoms with E-state index >= 15 is 0 Å². The highest BCUT2D eigenvalue weighted by Gasteiger charge is 2.39. The summed E-state index contributed by atoms with van der Waals surface area (Å²) in [6, 6.07) is -0.923. The Kier molecular flexibility index (Phi) is 12.7. The smallest absolute Gasteiger partial charge is 0.412 e. The van der Waals surface area contributed by atoms with Gasteiger partial charge in [0.15, 0.2) is 11.5 Å². The Morgan fingerprint density at radius 2 is 2.04 bits per heavy atom. The molecular weight excluding hydrogens is 624 g/mol. The molecule has 5 atom stereocenters. The molecule has 5 unspecified atom stereocenters. The highest BCUT2D eigenvalue weighted by molar-refractivity contribution is 5.95. The van der Waals surface area contributed by atoms with E-state index in [0.29, 0.717) is 18.4 Å². The molecule has 0 spiro atoms. The fraction of sp³-hybridized carbons (Fsp3) is 0.455. The van der Waals surface area contributed by atoms with Crippen LogP contribution >= 0.6 is 0 Å². The summed E-state index contributed by atoms with van der Waals surface area (Å²) in [6.07, 6.45) is 11.0. The maximum Gasteiger partial charge on any atom is 0.412 e. The Bertz CT molecular complexity index is 1550. The molecule has 4 rings (SSSR count). The lowest BCUT2D eigenvalue weighted by molar-refractivity contribution is -0.159. The van der Waals surface area contributed by atoms with Crippen LogP contribution in [0.5, 0.6) is 0 Å². The van der Waals surface area contributed by atoms with Crippen LogP contribution in [-0.2, 0) is 30.3 Å². The van der Waals surface area contributed by atoms with E-state index in [1.807, 2.05) is 0 Å². The van der Waals surface area contributed by atoms with E-state index in [1.165, 1.54) is 35.6 Å². The average molecular weight is 665 g/mol. The van der Waals surface area contributed by atoms with Gasteiger partial charge in [0.05, 0.1) is 25.3 Å². The van der Waals surface area contributed by atoms with Crippen molar-refractivity contribution in [3.8, 4) is 0 Å². The first-order valence-electron chi connectivity index (χ1n) is 15.7. The first-order chi connectivity index (χ1) is 23.0. The molecular formula is C33H40N6O9. The van der Waals surface area contributed by atoms with Gasteiger partial charge >= 0.3 is 12.1 Å². The van der Waals surface area contributed by atoms with Gasteiger partial charge in [-0.3, -0.25) is 24.7 Å². The topological polar surface area (TPSA) is 203 Å². The summed E-state index contributed by atoms with van der Waals surface area (Å²) in [5.74, 6) is -2.79. The second kappa shape index (κ2) is 17.1. The number of carbonyl (C=O) groups is 5. The number of nitrogens with zero attached hydrogens (tertiary/aromatic N) is 4. The Morgan fingerprint density at radius 1 is 1.23 bits per heavy atom. The molecule has 256 valence electrons. The molecule has 1 fully saturated rings. The molecule has 0 saturated carbocycles. The number of oxazole rings is 1. The van der Waals surface area contributed by atoms with Crippen molar-refractivity contribution in [3.05, 3.63) is 72.4 Å². The zero-order valence-corrected chi connectivity index (χ0v) is 27.0. The standard InChI is InChI=1S/C33H40N6O9/c1-20-6-4-10-36-28(42)9-8-21(2)30(22(3)18-47-33(45)38-27-17-34-11-12-35-27)48-32(44)26-7-5-13-39(26)31(43)25-19-46-29(37-25)16-24(41)15-23(40)14-20/h4,6,8-9,11-12,14,17,19,21-23,26,30,40H,5,7,10,13,15-16,18H2,1-3H3,(H,36,42)(H,35,38,45)/b6-4?,9-8+,20-14?. The van der Waals surface area contributed by atoms with Crippen molar-refractivity contribution in [1.29, 1.82) is 0 Å². The fourth-order valence-electron chi connectivity index (χ4n) is 5.36. The number of amides is 3. The summed E-state index contributed by atoms with van der Waals surface area (Å²) < 4.78 is 16.7. The van der Waals surface area contributed by atoms with Gasteiger partial charge in [-0.25, -0.2) is 19.6 Å². The molecule has 3 amide bonds. The zero-order chi connectivity index (χ0) is 34.6. The van der Waals surface area contributed by atoms with Crippen LogP contribution in [-0.4, -0.2) is 92.6 Å². The molecule has 0 aromatic carbocycles. The van der Waals surface area contributed by atoms with Gasteiger partial charge in [-0.1, -0.05) is 43.7 Å². The third-order valence-corrected chi connectivity index (χ3v) is 7.73. The monoisotopic (exact) mass is 664 g/mol. The highest BCUT2D eigenvalue weighted by Crippen LogP contribution is 2.26. The minimum Gasteiger partial charge on any atom is -0.460 e. The normalized spacial score (nSPS) is 24.5. The number of cyclic esters (lactones) is 1. The summed E-state index contributed by atoms with van der Waals surface area (Å²) in [7, 11) is 0. The van der Waals surface area contributed by atoms with Gasteiger partial charge in [0.1, 0.15) is 24.2 Å². The molecule has 48 heavy (non-hydrogen) atoms. The molecule has 2 aliphatic heterocycles. The predicted molar refractivity (Wildman–Crippen MR) is 170 cm³/mol. The van der Waals surface area contributed by atoms with Crippen molar-refractivity contribution in [2.45, 2.75) is 64.7 Å². The summed E-state index contributed by atoms with van der Waals surface area (Å²) in [4.78, 5) is 77.9. The third-order valence-electron chi connectivity index (χ3n) is 7.73. The lowest BCUT2D eigenvalue weighted by Gasteiger charge is -2.30. The Labute approximate surface area is 277 Å². The number of aliphatic hydroxyl groups is 1.